The van der Waals surface area contributed by atoms with E-state index in [1.807, 2.05) is 23.5 Å². The zero-order chi connectivity index (χ0) is 11.5. The third-order valence-electron chi connectivity index (χ3n) is 3.47. The highest BCUT2D eigenvalue weighted by Crippen LogP contribution is 2.35. The zero-order valence-electron chi connectivity index (χ0n) is 9.89. The third kappa shape index (κ3) is 2.89. The van der Waals surface area contributed by atoms with Crippen molar-refractivity contribution in [3.05, 3.63) is 29.8 Å². The summed E-state index contributed by atoms with van der Waals surface area (Å²) in [7, 11) is 0. The van der Waals surface area contributed by atoms with Crippen LogP contribution < -0.4 is 0 Å². The molecule has 0 radical (unpaired) electrons. The van der Waals surface area contributed by atoms with E-state index >= 15 is 0 Å². The van der Waals surface area contributed by atoms with Crippen molar-refractivity contribution in [3.8, 4) is 0 Å². The topological polar surface area (TPSA) is 12.4 Å². The third-order valence-corrected chi connectivity index (χ3v) is 5.93. The fourth-order valence-electron chi connectivity index (χ4n) is 2.55. The van der Waals surface area contributed by atoms with Crippen LogP contribution in [0.4, 0.5) is 5.69 Å². The molecular formula is C14H17NS2. The van der Waals surface area contributed by atoms with Crippen LogP contribution in [0.15, 0.2) is 29.3 Å². The molecule has 3 heteroatoms. The molecule has 3 rings (SSSR count). The maximum Gasteiger partial charge on any atom is 0.130 e. The molecule has 1 aliphatic heterocycles. The molecule has 1 heterocycles. The van der Waals surface area contributed by atoms with E-state index in [1.165, 1.54) is 47.1 Å². The van der Waals surface area contributed by atoms with Gasteiger partial charge in [0.15, 0.2) is 0 Å². The van der Waals surface area contributed by atoms with Crippen molar-refractivity contribution >= 4 is 33.6 Å². The summed E-state index contributed by atoms with van der Waals surface area (Å²) >= 11 is 3.76. The molecule has 17 heavy (non-hydrogen) atoms. The van der Waals surface area contributed by atoms with Gasteiger partial charge in [0.1, 0.15) is 4.38 Å². The van der Waals surface area contributed by atoms with Crippen LogP contribution in [0.2, 0.25) is 0 Å². The van der Waals surface area contributed by atoms with Crippen LogP contribution in [0, 0.1) is 0 Å². The maximum absolute atomic E-state index is 4.67. The molecule has 0 N–H and O–H groups in total. The van der Waals surface area contributed by atoms with Crippen LogP contribution in [0.25, 0.3) is 0 Å². The molecule has 1 aromatic rings. The summed E-state index contributed by atoms with van der Waals surface area (Å²) in [4.78, 5) is 4.67. The van der Waals surface area contributed by atoms with Gasteiger partial charge >= 0.3 is 0 Å². The van der Waals surface area contributed by atoms with Crippen LogP contribution in [-0.2, 0) is 0 Å². The van der Waals surface area contributed by atoms with Crippen LogP contribution in [-0.4, -0.2) is 15.9 Å². The summed E-state index contributed by atoms with van der Waals surface area (Å²) in [5.41, 5.74) is 2.63. The van der Waals surface area contributed by atoms with Crippen molar-refractivity contribution in [3.63, 3.8) is 0 Å². The van der Waals surface area contributed by atoms with E-state index in [0.717, 1.165) is 11.6 Å². The van der Waals surface area contributed by atoms with Gasteiger partial charge in [0.05, 0.1) is 5.69 Å². The molecule has 1 saturated heterocycles. The second-order valence-electron chi connectivity index (χ2n) is 4.65. The van der Waals surface area contributed by atoms with E-state index in [0.29, 0.717) is 0 Å². The summed E-state index contributed by atoms with van der Waals surface area (Å²) in [6, 6.07) is 8.92. The van der Waals surface area contributed by atoms with E-state index < -0.39 is 0 Å². The first-order valence-electron chi connectivity index (χ1n) is 6.36. The van der Waals surface area contributed by atoms with Crippen LogP contribution in [0.5, 0.6) is 0 Å². The molecule has 0 aromatic heterocycles. The standard InChI is InChI=1S/C14H17NS2/c1-2-4-11(3-1)12-5-7-13(8-6-12)15-14-16-9-10-17-14/h5-8,11H,1-4,9-10H2. The molecular weight excluding hydrogens is 246 g/mol. The van der Waals surface area contributed by atoms with Gasteiger partial charge in [-0.1, -0.05) is 48.5 Å². The molecule has 0 unspecified atom stereocenters. The van der Waals surface area contributed by atoms with Gasteiger partial charge < -0.3 is 0 Å². The number of hydrogen-bond donors (Lipinski definition) is 0. The van der Waals surface area contributed by atoms with E-state index in [9.17, 15) is 0 Å². The molecule has 1 aromatic carbocycles. The van der Waals surface area contributed by atoms with Crippen molar-refractivity contribution in [2.45, 2.75) is 31.6 Å². The molecule has 0 spiro atoms. The minimum Gasteiger partial charge on any atom is -0.235 e. The summed E-state index contributed by atoms with van der Waals surface area (Å²) in [5, 5.41) is 0. The van der Waals surface area contributed by atoms with Gasteiger partial charge in [-0.25, -0.2) is 4.99 Å². The average molecular weight is 263 g/mol. The Morgan fingerprint density at radius 3 is 2.24 bits per heavy atom. The van der Waals surface area contributed by atoms with Crippen LogP contribution >= 0.6 is 23.5 Å². The molecule has 1 nitrogen and oxygen atoms in total. The highest BCUT2D eigenvalue weighted by atomic mass is 32.2. The molecule has 0 amide bonds. The number of rotatable bonds is 2. The first-order chi connectivity index (χ1) is 8.42. The first-order valence-corrected chi connectivity index (χ1v) is 8.33. The van der Waals surface area contributed by atoms with E-state index in [4.69, 9.17) is 0 Å². The lowest BCUT2D eigenvalue weighted by Gasteiger charge is -2.09. The van der Waals surface area contributed by atoms with Crippen LogP contribution in [0.1, 0.15) is 37.2 Å². The Morgan fingerprint density at radius 1 is 0.941 bits per heavy atom. The van der Waals surface area contributed by atoms with Crippen LogP contribution in [0.3, 0.4) is 0 Å². The Labute approximate surface area is 111 Å². The Bertz CT molecular complexity index is 397. The number of nitrogens with zero attached hydrogens (tertiary/aromatic N) is 1. The van der Waals surface area contributed by atoms with Crippen molar-refractivity contribution in [1.29, 1.82) is 0 Å². The molecule has 90 valence electrons. The second kappa shape index (κ2) is 5.49. The lowest BCUT2D eigenvalue weighted by atomic mass is 9.98. The lowest BCUT2D eigenvalue weighted by molar-refractivity contribution is 0.723. The second-order valence-corrected chi connectivity index (χ2v) is 7.07. The SMILES string of the molecule is c1cc(C2CCCC2)ccc1N=C1SCCS1. The Balaban J connectivity index is 1.73. The Morgan fingerprint density at radius 2 is 1.59 bits per heavy atom. The molecule has 0 bridgehead atoms. The predicted molar refractivity (Wildman–Crippen MR) is 79.7 cm³/mol. The molecule has 2 aliphatic rings. The van der Waals surface area contributed by atoms with Crippen molar-refractivity contribution < 1.29 is 0 Å². The van der Waals surface area contributed by atoms with Gasteiger partial charge in [-0.3, -0.25) is 0 Å². The molecule has 0 atom stereocenters. The quantitative estimate of drug-likeness (QED) is 0.759. The molecule has 1 saturated carbocycles. The van der Waals surface area contributed by atoms with Crippen molar-refractivity contribution in [2.75, 3.05) is 11.5 Å². The van der Waals surface area contributed by atoms with Gasteiger partial charge in [-0.05, 0) is 36.5 Å². The van der Waals surface area contributed by atoms with Gasteiger partial charge in [0.25, 0.3) is 0 Å². The number of aliphatic imine (C=N–C) groups is 1. The van der Waals surface area contributed by atoms with Crippen molar-refractivity contribution in [1.82, 2.24) is 0 Å². The minimum absolute atomic E-state index is 0.812. The summed E-state index contributed by atoms with van der Waals surface area (Å²) < 4.78 is 1.23. The normalized spacial score (nSPS) is 21.1. The van der Waals surface area contributed by atoms with Gasteiger partial charge in [0, 0.05) is 11.5 Å². The summed E-state index contributed by atoms with van der Waals surface area (Å²) in [6.07, 6.45) is 5.56. The Hall–Kier alpha value is -0.410. The fraction of sp³-hybridized carbons (Fsp3) is 0.500. The summed E-state index contributed by atoms with van der Waals surface area (Å²) in [6.45, 7) is 0. The van der Waals surface area contributed by atoms with Gasteiger partial charge in [0.2, 0.25) is 0 Å². The fourth-order valence-corrected chi connectivity index (χ4v) is 4.74. The Kier molecular flexibility index (Phi) is 3.77. The van der Waals surface area contributed by atoms with Gasteiger partial charge in [-0.2, -0.15) is 0 Å². The maximum atomic E-state index is 4.67. The number of thioether (sulfide) groups is 2. The van der Waals surface area contributed by atoms with E-state index in [-0.39, 0.29) is 0 Å². The number of benzene rings is 1. The predicted octanol–water partition coefficient (Wildman–Crippen LogP) is 4.81. The average Bonchev–Trinajstić information content (AvgIpc) is 3.01. The number of hydrogen-bond acceptors (Lipinski definition) is 3. The monoisotopic (exact) mass is 263 g/mol. The van der Waals surface area contributed by atoms with E-state index in [2.05, 4.69) is 29.3 Å². The lowest BCUT2D eigenvalue weighted by Crippen LogP contribution is -1.90. The zero-order valence-corrected chi connectivity index (χ0v) is 11.5. The van der Waals surface area contributed by atoms with Crippen molar-refractivity contribution in [2.24, 2.45) is 4.99 Å². The van der Waals surface area contributed by atoms with E-state index in [1.54, 1.807) is 0 Å². The summed E-state index contributed by atoms with van der Waals surface area (Å²) in [5.74, 6) is 3.24. The smallest absolute Gasteiger partial charge is 0.130 e. The first kappa shape index (κ1) is 11.7. The largest absolute Gasteiger partial charge is 0.235 e. The molecule has 1 aliphatic carbocycles. The highest BCUT2D eigenvalue weighted by Gasteiger charge is 2.16. The minimum atomic E-state index is 0.812. The highest BCUT2D eigenvalue weighted by molar-refractivity contribution is 8.41. The van der Waals surface area contributed by atoms with Gasteiger partial charge in [-0.15, -0.1) is 0 Å². The molecule has 2 fully saturated rings.